The molecule has 0 saturated heterocycles. The Labute approximate surface area is 172 Å². The molecule has 0 atom stereocenters. The summed E-state index contributed by atoms with van der Waals surface area (Å²) in [4.78, 5) is 4.35. The summed E-state index contributed by atoms with van der Waals surface area (Å²) in [6, 6.07) is 16.6. The number of rotatable bonds is 8. The Balaban J connectivity index is 1.57. The fourth-order valence-electron chi connectivity index (χ4n) is 3.18. The van der Waals surface area contributed by atoms with Crippen LogP contribution in [0.1, 0.15) is 29.2 Å². The van der Waals surface area contributed by atoms with E-state index in [-0.39, 0.29) is 0 Å². The first kappa shape index (κ1) is 20.5. The van der Waals surface area contributed by atoms with Gasteiger partial charge in [-0.1, -0.05) is 36.4 Å². The minimum absolute atomic E-state index is 0.677. The molecule has 0 aliphatic carbocycles. The molecular weight excluding hydrogens is 362 g/mol. The van der Waals surface area contributed by atoms with E-state index in [4.69, 9.17) is 4.74 Å². The highest BCUT2D eigenvalue weighted by molar-refractivity contribution is 5.79. The number of benzene rings is 2. The van der Waals surface area contributed by atoms with E-state index in [1.807, 2.05) is 29.9 Å². The van der Waals surface area contributed by atoms with Gasteiger partial charge in [0.1, 0.15) is 5.75 Å². The Morgan fingerprint density at radius 2 is 1.86 bits per heavy atom. The lowest BCUT2D eigenvalue weighted by molar-refractivity contribution is 0.338. The minimum atomic E-state index is 0.677. The van der Waals surface area contributed by atoms with Crippen LogP contribution in [0.15, 0.2) is 65.9 Å². The molecule has 0 unspecified atom stereocenters. The van der Waals surface area contributed by atoms with Gasteiger partial charge in [-0.25, -0.2) is 0 Å². The SMILES string of the molecule is CCOc1ccc(CNC(=NC)NCc2ccccc2Cn2cccn2)cc1C. The predicted octanol–water partition coefficient (Wildman–Crippen LogP) is 3.50. The van der Waals surface area contributed by atoms with Crippen LogP contribution in [0.3, 0.4) is 0 Å². The highest BCUT2D eigenvalue weighted by Gasteiger charge is 2.06. The molecule has 0 saturated carbocycles. The fourth-order valence-corrected chi connectivity index (χ4v) is 3.18. The van der Waals surface area contributed by atoms with Crippen LogP contribution in [0, 0.1) is 6.92 Å². The number of guanidine groups is 1. The molecule has 6 nitrogen and oxygen atoms in total. The van der Waals surface area contributed by atoms with Crippen molar-refractivity contribution >= 4 is 5.96 Å². The van der Waals surface area contributed by atoms with Gasteiger partial charge in [0, 0.05) is 32.5 Å². The Hall–Kier alpha value is -3.28. The van der Waals surface area contributed by atoms with Gasteiger partial charge in [-0.15, -0.1) is 0 Å². The minimum Gasteiger partial charge on any atom is -0.494 e. The van der Waals surface area contributed by atoms with Crippen molar-refractivity contribution in [3.05, 3.63) is 83.2 Å². The lowest BCUT2D eigenvalue weighted by Crippen LogP contribution is -2.36. The zero-order chi connectivity index (χ0) is 20.5. The molecule has 152 valence electrons. The van der Waals surface area contributed by atoms with Gasteiger partial charge < -0.3 is 15.4 Å². The van der Waals surface area contributed by atoms with Crippen molar-refractivity contribution in [2.75, 3.05) is 13.7 Å². The first-order chi connectivity index (χ1) is 14.2. The van der Waals surface area contributed by atoms with Gasteiger partial charge in [0.15, 0.2) is 5.96 Å². The second kappa shape index (κ2) is 10.3. The molecule has 1 heterocycles. The third kappa shape index (κ3) is 5.85. The quantitative estimate of drug-likeness (QED) is 0.456. The Morgan fingerprint density at radius 3 is 2.55 bits per heavy atom. The summed E-state index contributed by atoms with van der Waals surface area (Å²) in [5.74, 6) is 1.71. The van der Waals surface area contributed by atoms with Gasteiger partial charge in [0.05, 0.1) is 13.2 Å². The highest BCUT2D eigenvalue weighted by Crippen LogP contribution is 2.19. The van der Waals surface area contributed by atoms with E-state index < -0.39 is 0 Å². The van der Waals surface area contributed by atoms with Crippen molar-refractivity contribution in [1.82, 2.24) is 20.4 Å². The van der Waals surface area contributed by atoms with Crippen LogP contribution in [-0.2, 0) is 19.6 Å². The van der Waals surface area contributed by atoms with Gasteiger partial charge in [-0.2, -0.15) is 5.10 Å². The summed E-state index contributed by atoms with van der Waals surface area (Å²) in [6.45, 7) is 6.89. The molecule has 3 aromatic rings. The average Bonchev–Trinajstić information content (AvgIpc) is 3.24. The van der Waals surface area contributed by atoms with Crippen LogP contribution in [0.2, 0.25) is 0 Å². The molecule has 0 amide bonds. The molecule has 1 aromatic heterocycles. The summed E-state index contributed by atoms with van der Waals surface area (Å²) < 4.78 is 7.54. The summed E-state index contributed by atoms with van der Waals surface area (Å²) in [7, 11) is 1.79. The Morgan fingerprint density at radius 1 is 1.07 bits per heavy atom. The molecule has 0 aliphatic rings. The average molecular weight is 392 g/mol. The maximum Gasteiger partial charge on any atom is 0.191 e. The first-order valence-corrected chi connectivity index (χ1v) is 9.90. The number of aryl methyl sites for hydroxylation is 1. The number of nitrogens with zero attached hydrogens (tertiary/aromatic N) is 3. The smallest absolute Gasteiger partial charge is 0.191 e. The van der Waals surface area contributed by atoms with Gasteiger partial charge in [0.2, 0.25) is 0 Å². The molecule has 0 radical (unpaired) electrons. The van der Waals surface area contributed by atoms with Crippen LogP contribution in [0.4, 0.5) is 0 Å². The molecule has 0 spiro atoms. The fraction of sp³-hybridized carbons (Fsp3) is 0.304. The summed E-state index contributed by atoms with van der Waals surface area (Å²) in [6.07, 6.45) is 3.78. The summed E-state index contributed by atoms with van der Waals surface area (Å²) >= 11 is 0. The molecular formula is C23H29N5O. The van der Waals surface area contributed by atoms with Gasteiger partial charge in [0.25, 0.3) is 0 Å². The third-order valence-corrected chi connectivity index (χ3v) is 4.68. The van der Waals surface area contributed by atoms with Crippen LogP contribution in [0.25, 0.3) is 0 Å². The van der Waals surface area contributed by atoms with Gasteiger partial charge in [-0.3, -0.25) is 9.67 Å². The topological polar surface area (TPSA) is 63.5 Å². The molecule has 3 rings (SSSR count). The number of nitrogens with one attached hydrogen (secondary N) is 2. The van der Waals surface area contributed by atoms with E-state index in [2.05, 4.69) is 64.0 Å². The highest BCUT2D eigenvalue weighted by atomic mass is 16.5. The van der Waals surface area contributed by atoms with Crippen LogP contribution in [0.5, 0.6) is 5.75 Å². The lowest BCUT2D eigenvalue weighted by Gasteiger charge is -2.15. The monoisotopic (exact) mass is 391 g/mol. The normalized spacial score (nSPS) is 11.3. The van der Waals surface area contributed by atoms with Crippen molar-refractivity contribution < 1.29 is 4.74 Å². The standard InChI is InChI=1S/C23H29N5O/c1-4-29-22-11-10-19(14-18(22)2)15-25-23(24-3)26-16-20-8-5-6-9-21(20)17-28-13-7-12-27-28/h5-14H,4,15-17H2,1-3H3,(H2,24,25,26). The zero-order valence-electron chi connectivity index (χ0n) is 17.4. The molecule has 2 N–H and O–H groups in total. The molecule has 0 bridgehead atoms. The molecule has 29 heavy (non-hydrogen) atoms. The third-order valence-electron chi connectivity index (χ3n) is 4.68. The Kier molecular flexibility index (Phi) is 7.28. The maximum atomic E-state index is 5.61. The lowest BCUT2D eigenvalue weighted by atomic mass is 10.1. The number of aromatic nitrogens is 2. The van der Waals surface area contributed by atoms with Crippen molar-refractivity contribution in [3.63, 3.8) is 0 Å². The molecule has 0 aliphatic heterocycles. The van der Waals surface area contributed by atoms with Crippen molar-refractivity contribution in [2.45, 2.75) is 33.5 Å². The van der Waals surface area contributed by atoms with E-state index >= 15 is 0 Å². The van der Waals surface area contributed by atoms with Crippen molar-refractivity contribution in [1.29, 1.82) is 0 Å². The van der Waals surface area contributed by atoms with Gasteiger partial charge in [-0.05, 0) is 48.2 Å². The second-order valence-corrected chi connectivity index (χ2v) is 6.78. The van der Waals surface area contributed by atoms with E-state index in [1.54, 1.807) is 13.2 Å². The van der Waals surface area contributed by atoms with E-state index in [0.29, 0.717) is 19.7 Å². The van der Waals surface area contributed by atoms with Gasteiger partial charge >= 0.3 is 0 Å². The largest absolute Gasteiger partial charge is 0.494 e. The van der Waals surface area contributed by atoms with Crippen molar-refractivity contribution in [3.8, 4) is 5.75 Å². The predicted molar refractivity (Wildman–Crippen MR) is 117 cm³/mol. The number of ether oxygens (including phenoxy) is 1. The van der Waals surface area contributed by atoms with E-state index in [9.17, 15) is 0 Å². The second-order valence-electron chi connectivity index (χ2n) is 6.78. The van der Waals surface area contributed by atoms with Crippen LogP contribution < -0.4 is 15.4 Å². The maximum absolute atomic E-state index is 5.61. The van der Waals surface area contributed by atoms with Crippen LogP contribution >= 0.6 is 0 Å². The summed E-state index contributed by atoms with van der Waals surface area (Å²) in [5.41, 5.74) is 4.79. The van der Waals surface area contributed by atoms with E-state index in [1.165, 1.54) is 16.7 Å². The van der Waals surface area contributed by atoms with Crippen molar-refractivity contribution in [2.24, 2.45) is 4.99 Å². The number of hydrogen-bond acceptors (Lipinski definition) is 3. The molecule has 2 aromatic carbocycles. The van der Waals surface area contributed by atoms with E-state index in [0.717, 1.165) is 23.8 Å². The van der Waals surface area contributed by atoms with Crippen LogP contribution in [-0.4, -0.2) is 29.4 Å². The number of aliphatic imine (C=N–C) groups is 1. The Bertz CT molecular complexity index is 934. The first-order valence-electron chi connectivity index (χ1n) is 9.90. The molecule has 0 fully saturated rings. The number of hydrogen-bond donors (Lipinski definition) is 2. The molecule has 6 heteroatoms. The zero-order valence-corrected chi connectivity index (χ0v) is 17.4. The summed E-state index contributed by atoms with van der Waals surface area (Å²) in [5, 5.41) is 11.1.